The van der Waals surface area contributed by atoms with Crippen LogP contribution in [0.5, 0.6) is 0 Å². The van der Waals surface area contributed by atoms with Gasteiger partial charge in [-0.3, -0.25) is 0 Å². The van der Waals surface area contributed by atoms with E-state index < -0.39 is 0 Å². The molecule has 3 nitrogen and oxygen atoms in total. The van der Waals surface area contributed by atoms with Crippen molar-refractivity contribution in [2.24, 2.45) is 5.92 Å². The van der Waals surface area contributed by atoms with Gasteiger partial charge in [-0.15, -0.1) is 0 Å². The van der Waals surface area contributed by atoms with Crippen molar-refractivity contribution in [2.75, 3.05) is 6.61 Å². The number of hydrogen-bond acceptors (Lipinski definition) is 2. The van der Waals surface area contributed by atoms with Gasteiger partial charge in [0, 0.05) is 18.1 Å². The van der Waals surface area contributed by atoms with Gasteiger partial charge < -0.3 is 9.67 Å². The highest BCUT2D eigenvalue weighted by atomic mass is 16.3. The second-order valence-corrected chi connectivity index (χ2v) is 5.77. The van der Waals surface area contributed by atoms with Crippen molar-refractivity contribution in [1.82, 2.24) is 9.55 Å². The minimum absolute atomic E-state index is 0.175. The van der Waals surface area contributed by atoms with Crippen LogP contribution in [0.4, 0.5) is 0 Å². The molecule has 1 aliphatic carbocycles. The molecule has 1 N–H and O–H groups in total. The molecule has 0 bridgehead atoms. The molecule has 1 saturated carbocycles. The van der Waals surface area contributed by atoms with Crippen LogP contribution in [-0.4, -0.2) is 21.3 Å². The molecule has 1 heterocycles. The van der Waals surface area contributed by atoms with Gasteiger partial charge >= 0.3 is 0 Å². The Kier molecular flexibility index (Phi) is 4.51. The zero-order valence-electron chi connectivity index (χ0n) is 12.3. The number of imidazole rings is 1. The summed E-state index contributed by atoms with van der Waals surface area (Å²) < 4.78 is 1.99. The highest BCUT2D eigenvalue weighted by molar-refractivity contribution is 5.55. The molecule has 0 spiro atoms. The van der Waals surface area contributed by atoms with Crippen molar-refractivity contribution in [3.63, 3.8) is 0 Å². The van der Waals surface area contributed by atoms with Gasteiger partial charge in [0.25, 0.3) is 0 Å². The molecule has 3 rings (SSSR count). The van der Waals surface area contributed by atoms with Crippen LogP contribution in [0.1, 0.15) is 37.7 Å². The summed E-state index contributed by atoms with van der Waals surface area (Å²) in [7, 11) is 0. The Bertz CT molecular complexity index is 578. The van der Waals surface area contributed by atoms with E-state index >= 15 is 0 Å². The van der Waals surface area contributed by atoms with Gasteiger partial charge in [-0.1, -0.05) is 37.5 Å². The van der Waals surface area contributed by atoms with E-state index in [9.17, 15) is 5.11 Å². The number of aromatic nitrogens is 2. The number of nitrogens with zero attached hydrogens (tertiary/aromatic N) is 2. The van der Waals surface area contributed by atoms with Gasteiger partial charge in [-0.2, -0.15) is 0 Å². The Morgan fingerprint density at radius 3 is 2.57 bits per heavy atom. The first kappa shape index (κ1) is 14.1. The Labute approximate surface area is 126 Å². The third-order valence-corrected chi connectivity index (χ3v) is 4.36. The summed E-state index contributed by atoms with van der Waals surface area (Å²) in [5, 5.41) is 9.66. The normalized spacial score (nSPS) is 17.1. The Morgan fingerprint density at radius 2 is 1.95 bits per heavy atom. The van der Waals surface area contributed by atoms with Gasteiger partial charge in [-0.05, 0) is 42.0 Å². The van der Waals surface area contributed by atoms with E-state index in [1.54, 1.807) is 12.5 Å². The van der Waals surface area contributed by atoms with Crippen molar-refractivity contribution >= 4 is 6.08 Å². The van der Waals surface area contributed by atoms with E-state index in [0.717, 1.165) is 11.3 Å². The zero-order valence-corrected chi connectivity index (χ0v) is 12.3. The molecule has 0 atom stereocenters. The quantitative estimate of drug-likeness (QED) is 0.925. The molecule has 1 aromatic carbocycles. The number of rotatable bonds is 4. The van der Waals surface area contributed by atoms with Gasteiger partial charge in [0.05, 0.1) is 12.9 Å². The lowest BCUT2D eigenvalue weighted by atomic mass is 9.83. The van der Waals surface area contributed by atoms with E-state index in [-0.39, 0.29) is 6.61 Å². The SMILES string of the molecule is OC/C(=C/c1ccc(-n2ccnc2)cc1)C1CCCCC1. The average molecular weight is 282 g/mol. The molecule has 0 aliphatic heterocycles. The van der Waals surface area contributed by atoms with E-state index in [1.807, 2.05) is 10.8 Å². The minimum atomic E-state index is 0.175. The summed E-state index contributed by atoms with van der Waals surface area (Å²) >= 11 is 0. The Morgan fingerprint density at radius 1 is 1.19 bits per heavy atom. The third-order valence-electron chi connectivity index (χ3n) is 4.36. The molecule has 1 aromatic heterocycles. The summed E-state index contributed by atoms with van der Waals surface area (Å²) in [5.74, 6) is 0.567. The van der Waals surface area contributed by atoms with Crippen molar-refractivity contribution in [3.8, 4) is 5.69 Å². The van der Waals surface area contributed by atoms with Crippen molar-refractivity contribution in [1.29, 1.82) is 0 Å². The Balaban J connectivity index is 1.77. The maximum atomic E-state index is 9.66. The molecule has 110 valence electrons. The standard InChI is InChI=1S/C18H22N2O/c21-13-17(16-4-2-1-3-5-16)12-15-6-8-18(9-7-15)20-11-10-19-14-20/h6-12,14,16,21H,1-5,13H2/b17-12-. The van der Waals surface area contributed by atoms with Crippen LogP contribution >= 0.6 is 0 Å². The van der Waals surface area contributed by atoms with E-state index in [1.165, 1.54) is 37.7 Å². The average Bonchev–Trinajstić information content (AvgIpc) is 3.08. The van der Waals surface area contributed by atoms with Gasteiger partial charge in [0.15, 0.2) is 0 Å². The van der Waals surface area contributed by atoms with Crippen molar-refractivity contribution in [2.45, 2.75) is 32.1 Å². The number of hydrogen-bond donors (Lipinski definition) is 1. The molecule has 0 unspecified atom stereocenters. The van der Waals surface area contributed by atoms with Gasteiger partial charge in [-0.25, -0.2) is 4.98 Å². The topological polar surface area (TPSA) is 38.0 Å². The second-order valence-electron chi connectivity index (χ2n) is 5.77. The lowest BCUT2D eigenvalue weighted by molar-refractivity contribution is 0.295. The van der Waals surface area contributed by atoms with Gasteiger partial charge in [0.1, 0.15) is 0 Å². The summed E-state index contributed by atoms with van der Waals surface area (Å²) in [4.78, 5) is 4.06. The van der Waals surface area contributed by atoms with Crippen LogP contribution in [0.15, 0.2) is 48.6 Å². The fraction of sp³-hybridized carbons (Fsp3) is 0.389. The molecule has 3 heteroatoms. The van der Waals surface area contributed by atoms with Crippen LogP contribution in [0.2, 0.25) is 0 Å². The first-order chi connectivity index (χ1) is 10.4. The monoisotopic (exact) mass is 282 g/mol. The summed E-state index contributed by atoms with van der Waals surface area (Å²) in [5.41, 5.74) is 3.45. The Hall–Kier alpha value is -1.87. The van der Waals surface area contributed by atoms with Gasteiger partial charge in [0.2, 0.25) is 0 Å². The molecule has 0 saturated heterocycles. The molecule has 21 heavy (non-hydrogen) atoms. The third kappa shape index (κ3) is 3.42. The van der Waals surface area contributed by atoms with Crippen LogP contribution in [-0.2, 0) is 0 Å². The molecular formula is C18H22N2O. The predicted molar refractivity (Wildman–Crippen MR) is 85.2 cm³/mol. The van der Waals surface area contributed by atoms with E-state index in [0.29, 0.717) is 5.92 Å². The maximum absolute atomic E-state index is 9.66. The highest BCUT2D eigenvalue weighted by Gasteiger charge is 2.17. The lowest BCUT2D eigenvalue weighted by Gasteiger charge is -2.23. The smallest absolute Gasteiger partial charge is 0.0991 e. The van der Waals surface area contributed by atoms with Crippen LogP contribution < -0.4 is 0 Å². The van der Waals surface area contributed by atoms with Crippen molar-refractivity contribution in [3.05, 3.63) is 54.1 Å². The number of aliphatic hydroxyl groups excluding tert-OH is 1. The fourth-order valence-corrected chi connectivity index (χ4v) is 3.13. The maximum Gasteiger partial charge on any atom is 0.0991 e. The first-order valence-electron chi connectivity index (χ1n) is 7.76. The summed E-state index contributed by atoms with van der Waals surface area (Å²) in [6.45, 7) is 0.175. The summed E-state index contributed by atoms with van der Waals surface area (Å²) in [6.07, 6.45) is 14.0. The molecule has 1 fully saturated rings. The molecular weight excluding hydrogens is 260 g/mol. The summed E-state index contributed by atoms with van der Waals surface area (Å²) in [6, 6.07) is 8.38. The number of benzene rings is 1. The molecule has 0 radical (unpaired) electrons. The largest absolute Gasteiger partial charge is 0.392 e. The second kappa shape index (κ2) is 6.72. The molecule has 2 aromatic rings. The van der Waals surface area contributed by atoms with Crippen LogP contribution in [0.3, 0.4) is 0 Å². The highest BCUT2D eigenvalue weighted by Crippen LogP contribution is 2.30. The first-order valence-corrected chi connectivity index (χ1v) is 7.76. The molecule has 1 aliphatic rings. The van der Waals surface area contributed by atoms with E-state index in [2.05, 4.69) is 35.3 Å². The van der Waals surface area contributed by atoms with Crippen LogP contribution in [0.25, 0.3) is 11.8 Å². The lowest BCUT2D eigenvalue weighted by Crippen LogP contribution is -2.11. The molecule has 0 amide bonds. The number of aliphatic hydroxyl groups is 1. The fourth-order valence-electron chi connectivity index (χ4n) is 3.13. The van der Waals surface area contributed by atoms with Crippen LogP contribution in [0, 0.1) is 5.92 Å². The minimum Gasteiger partial charge on any atom is -0.392 e. The predicted octanol–water partition coefficient (Wildman–Crippen LogP) is 3.83. The van der Waals surface area contributed by atoms with Crippen molar-refractivity contribution < 1.29 is 5.11 Å². The van der Waals surface area contributed by atoms with E-state index in [4.69, 9.17) is 0 Å². The zero-order chi connectivity index (χ0) is 14.5.